The third kappa shape index (κ3) is 2.55. The fraction of sp³-hybridized carbons (Fsp3) is 0.500. The lowest BCUT2D eigenvalue weighted by molar-refractivity contribution is 0.0996. The molecule has 0 saturated heterocycles. The first-order valence-corrected chi connectivity index (χ1v) is 7.92. The van der Waals surface area contributed by atoms with Crippen molar-refractivity contribution in [2.24, 2.45) is 5.73 Å². The molecule has 0 saturated carbocycles. The lowest BCUT2D eigenvalue weighted by Gasteiger charge is -2.19. The number of aromatic hydroxyl groups is 1. The van der Waals surface area contributed by atoms with Crippen molar-refractivity contribution < 1.29 is 18.3 Å². The summed E-state index contributed by atoms with van der Waals surface area (Å²) in [4.78, 5) is 23.3. The minimum absolute atomic E-state index is 0.0197. The second-order valence-corrected chi connectivity index (χ2v) is 6.73. The van der Waals surface area contributed by atoms with E-state index in [1.807, 2.05) is 0 Å². The average Bonchev–Trinajstić information content (AvgIpc) is 2.25. The predicted octanol–water partition coefficient (Wildman–Crippen LogP) is 0.200. The highest BCUT2D eigenvalue weighted by atomic mass is 32.2. The third-order valence-corrected chi connectivity index (χ3v) is 4.09. The van der Waals surface area contributed by atoms with Gasteiger partial charge in [0.05, 0.1) is 0 Å². The predicted molar refractivity (Wildman–Crippen MR) is 73.8 cm³/mol. The highest BCUT2D eigenvalue weighted by Gasteiger charge is 2.30. The Labute approximate surface area is 116 Å². The molecule has 0 aliphatic rings. The number of nitrogens with zero attached hydrogens (tertiary/aromatic N) is 1. The Morgan fingerprint density at radius 1 is 1.40 bits per heavy atom. The van der Waals surface area contributed by atoms with Gasteiger partial charge in [0.25, 0.3) is 11.5 Å². The molecule has 1 aromatic heterocycles. The van der Waals surface area contributed by atoms with E-state index in [0.717, 1.165) is 10.8 Å². The van der Waals surface area contributed by atoms with Crippen LogP contribution in [0.25, 0.3) is 0 Å². The zero-order valence-corrected chi connectivity index (χ0v) is 12.6. The van der Waals surface area contributed by atoms with E-state index in [0.29, 0.717) is 0 Å². The fourth-order valence-corrected chi connectivity index (χ4v) is 3.33. The quantitative estimate of drug-likeness (QED) is 0.823. The van der Waals surface area contributed by atoms with E-state index in [9.17, 15) is 23.1 Å². The minimum atomic E-state index is -3.83. The first-order valence-electron chi connectivity index (χ1n) is 6.03. The molecule has 0 aromatic carbocycles. The molecule has 0 unspecified atom stereocenters. The standard InChI is InChI=1S/C12H18N2O5S/c1-5-14-11(16)8(10(13)15)7(6(2)3)9(12(14)17)20(4,18)19/h6,17H,5H2,1-4H3,(H2,13,15). The second-order valence-electron chi connectivity index (χ2n) is 4.78. The Morgan fingerprint density at radius 3 is 2.20 bits per heavy atom. The number of hydrogen-bond donors (Lipinski definition) is 2. The molecule has 0 radical (unpaired) electrons. The number of sulfone groups is 1. The van der Waals surface area contributed by atoms with Gasteiger partial charge in [0, 0.05) is 12.8 Å². The average molecular weight is 302 g/mol. The molecule has 1 aromatic rings. The van der Waals surface area contributed by atoms with Gasteiger partial charge in [0.2, 0.25) is 5.88 Å². The molecule has 0 atom stereocenters. The maximum absolute atomic E-state index is 12.2. The Balaban J connectivity index is 4.17. The van der Waals surface area contributed by atoms with E-state index in [-0.39, 0.29) is 17.7 Å². The third-order valence-electron chi connectivity index (χ3n) is 2.94. The van der Waals surface area contributed by atoms with Gasteiger partial charge in [-0.25, -0.2) is 8.42 Å². The van der Waals surface area contributed by atoms with E-state index < -0.39 is 38.0 Å². The highest BCUT2D eigenvalue weighted by Crippen LogP contribution is 2.32. The molecule has 0 fully saturated rings. The molecule has 1 heterocycles. The SMILES string of the molecule is CCn1c(O)c(S(C)(=O)=O)c(C(C)C)c(C(N)=O)c1=O. The summed E-state index contributed by atoms with van der Waals surface area (Å²) < 4.78 is 24.6. The van der Waals surface area contributed by atoms with Gasteiger partial charge in [0.15, 0.2) is 9.84 Å². The zero-order valence-electron chi connectivity index (χ0n) is 11.8. The summed E-state index contributed by atoms with van der Waals surface area (Å²) in [5.74, 6) is -2.13. The summed E-state index contributed by atoms with van der Waals surface area (Å²) in [6.07, 6.45) is 0.906. The Kier molecular flexibility index (Phi) is 4.28. The molecular formula is C12H18N2O5S. The monoisotopic (exact) mass is 302 g/mol. The molecule has 1 amide bonds. The van der Waals surface area contributed by atoms with Gasteiger partial charge in [0.1, 0.15) is 10.5 Å². The van der Waals surface area contributed by atoms with Crippen LogP contribution in [0, 0.1) is 0 Å². The smallest absolute Gasteiger partial charge is 0.266 e. The van der Waals surface area contributed by atoms with Crippen molar-refractivity contribution in [3.05, 3.63) is 21.5 Å². The second kappa shape index (κ2) is 5.28. The molecular weight excluding hydrogens is 284 g/mol. The fourth-order valence-electron chi connectivity index (χ4n) is 2.15. The number of pyridine rings is 1. The molecule has 20 heavy (non-hydrogen) atoms. The molecule has 1 rings (SSSR count). The number of primary amides is 1. The topological polar surface area (TPSA) is 119 Å². The lowest BCUT2D eigenvalue weighted by Crippen LogP contribution is -2.33. The van der Waals surface area contributed by atoms with Gasteiger partial charge < -0.3 is 10.8 Å². The first kappa shape index (κ1) is 16.2. The molecule has 0 aliphatic carbocycles. The van der Waals surface area contributed by atoms with E-state index in [2.05, 4.69) is 0 Å². The summed E-state index contributed by atoms with van der Waals surface area (Å²) in [5, 5.41) is 10.1. The van der Waals surface area contributed by atoms with E-state index in [1.165, 1.54) is 0 Å². The van der Waals surface area contributed by atoms with Gasteiger partial charge in [-0.15, -0.1) is 0 Å². The Bertz CT molecular complexity index is 716. The molecule has 8 heteroatoms. The molecule has 0 spiro atoms. The van der Waals surface area contributed by atoms with Crippen LogP contribution in [0.1, 0.15) is 42.6 Å². The minimum Gasteiger partial charge on any atom is -0.493 e. The van der Waals surface area contributed by atoms with Crippen molar-refractivity contribution in [3.63, 3.8) is 0 Å². The van der Waals surface area contributed by atoms with Crippen molar-refractivity contribution in [2.45, 2.75) is 38.1 Å². The maximum Gasteiger partial charge on any atom is 0.266 e. The van der Waals surface area contributed by atoms with Gasteiger partial charge in [-0.05, 0) is 18.4 Å². The summed E-state index contributed by atoms with van der Waals surface area (Å²) in [6.45, 7) is 4.80. The van der Waals surface area contributed by atoms with Crippen molar-refractivity contribution in [1.82, 2.24) is 4.57 Å². The molecule has 0 aliphatic heterocycles. The number of rotatable bonds is 4. The number of amides is 1. The van der Waals surface area contributed by atoms with Gasteiger partial charge in [-0.1, -0.05) is 13.8 Å². The first-order chi connectivity index (χ1) is 9.03. The largest absolute Gasteiger partial charge is 0.493 e. The van der Waals surface area contributed by atoms with E-state index >= 15 is 0 Å². The molecule has 3 N–H and O–H groups in total. The van der Waals surface area contributed by atoms with Crippen LogP contribution in [0.4, 0.5) is 0 Å². The summed E-state index contributed by atoms with van der Waals surface area (Å²) in [5.41, 5.74) is 4.00. The molecule has 7 nitrogen and oxygen atoms in total. The van der Waals surface area contributed by atoms with E-state index in [4.69, 9.17) is 5.73 Å². The van der Waals surface area contributed by atoms with Crippen molar-refractivity contribution in [1.29, 1.82) is 0 Å². The van der Waals surface area contributed by atoms with Crippen LogP contribution in [-0.2, 0) is 16.4 Å². The number of carbonyl (C=O) groups excluding carboxylic acids is 1. The Hall–Kier alpha value is -1.83. The summed E-state index contributed by atoms with van der Waals surface area (Å²) in [7, 11) is -3.83. The zero-order chi connectivity index (χ0) is 15.8. The highest BCUT2D eigenvalue weighted by molar-refractivity contribution is 7.90. The van der Waals surface area contributed by atoms with Crippen molar-refractivity contribution in [2.75, 3.05) is 6.26 Å². The Morgan fingerprint density at radius 2 is 1.90 bits per heavy atom. The van der Waals surface area contributed by atoms with Crippen molar-refractivity contribution >= 4 is 15.7 Å². The number of aromatic nitrogens is 1. The van der Waals surface area contributed by atoms with Gasteiger partial charge in [-0.2, -0.15) is 0 Å². The molecule has 0 bridgehead atoms. The van der Waals surface area contributed by atoms with Crippen LogP contribution in [0.2, 0.25) is 0 Å². The van der Waals surface area contributed by atoms with Crippen LogP contribution in [0.15, 0.2) is 9.69 Å². The van der Waals surface area contributed by atoms with E-state index in [1.54, 1.807) is 20.8 Å². The summed E-state index contributed by atoms with van der Waals surface area (Å²) >= 11 is 0. The van der Waals surface area contributed by atoms with Crippen molar-refractivity contribution in [3.8, 4) is 5.88 Å². The molecule has 112 valence electrons. The van der Waals surface area contributed by atoms with Crippen LogP contribution in [0.3, 0.4) is 0 Å². The lowest BCUT2D eigenvalue weighted by atomic mass is 9.98. The van der Waals surface area contributed by atoms with Crippen LogP contribution < -0.4 is 11.3 Å². The van der Waals surface area contributed by atoms with Crippen LogP contribution in [-0.4, -0.2) is 30.3 Å². The summed E-state index contributed by atoms with van der Waals surface area (Å²) in [6, 6.07) is 0. The van der Waals surface area contributed by atoms with Gasteiger partial charge in [-0.3, -0.25) is 14.2 Å². The van der Waals surface area contributed by atoms with Crippen LogP contribution >= 0.6 is 0 Å². The number of hydrogen-bond acceptors (Lipinski definition) is 5. The number of carbonyl (C=O) groups is 1. The van der Waals surface area contributed by atoms with Crippen LogP contribution in [0.5, 0.6) is 5.88 Å². The number of nitrogens with two attached hydrogens (primary N) is 1. The van der Waals surface area contributed by atoms with Gasteiger partial charge >= 0.3 is 0 Å². The maximum atomic E-state index is 12.2. The normalized spacial score (nSPS) is 11.8.